The molecule has 6 heteroatoms. The highest BCUT2D eigenvalue weighted by Crippen LogP contribution is 2.28. The molecule has 1 aliphatic rings. The van der Waals surface area contributed by atoms with Gasteiger partial charge in [-0.25, -0.2) is 8.78 Å². The van der Waals surface area contributed by atoms with Gasteiger partial charge in [0.05, 0.1) is 11.6 Å². The first-order valence-corrected chi connectivity index (χ1v) is 8.13. The third-order valence-corrected chi connectivity index (χ3v) is 4.23. The second-order valence-electron chi connectivity index (χ2n) is 5.90. The van der Waals surface area contributed by atoms with Crippen LogP contribution in [0, 0.1) is 11.6 Å². The summed E-state index contributed by atoms with van der Waals surface area (Å²) in [7, 11) is 0. The maximum Gasteiger partial charge on any atom is 0.238 e. The van der Waals surface area contributed by atoms with Crippen molar-refractivity contribution in [2.24, 2.45) is 0 Å². The van der Waals surface area contributed by atoms with Crippen molar-refractivity contribution in [2.75, 3.05) is 11.9 Å². The third-order valence-electron chi connectivity index (χ3n) is 3.94. The van der Waals surface area contributed by atoms with Crippen molar-refractivity contribution in [1.82, 2.24) is 4.90 Å². The minimum absolute atomic E-state index is 0.0433. The minimum Gasteiger partial charge on any atom is -0.325 e. The summed E-state index contributed by atoms with van der Waals surface area (Å²) in [5, 5.41) is 2.65. The average molecular weight is 351 g/mol. The maximum atomic E-state index is 13.8. The van der Waals surface area contributed by atoms with Crippen molar-refractivity contribution in [2.45, 2.75) is 25.4 Å². The van der Waals surface area contributed by atoms with Gasteiger partial charge in [0, 0.05) is 23.8 Å². The number of carbonyl (C=O) groups excluding carboxylic acids is 1. The summed E-state index contributed by atoms with van der Waals surface area (Å²) in [4.78, 5) is 14.2. The van der Waals surface area contributed by atoms with E-state index >= 15 is 0 Å². The van der Waals surface area contributed by atoms with Crippen molar-refractivity contribution in [3.8, 4) is 0 Å². The number of halogens is 3. The summed E-state index contributed by atoms with van der Waals surface area (Å²) in [6.07, 6.45) is 2.01. The van der Waals surface area contributed by atoms with Crippen LogP contribution < -0.4 is 5.32 Å². The Balaban J connectivity index is 1.64. The van der Waals surface area contributed by atoms with Crippen LogP contribution in [0.25, 0.3) is 0 Å². The van der Waals surface area contributed by atoms with Crippen molar-refractivity contribution < 1.29 is 13.6 Å². The molecule has 0 spiro atoms. The number of benzene rings is 2. The van der Waals surface area contributed by atoms with E-state index in [9.17, 15) is 13.6 Å². The zero-order chi connectivity index (χ0) is 17.1. The second kappa shape index (κ2) is 7.28. The Labute approximate surface area is 144 Å². The number of amides is 1. The van der Waals surface area contributed by atoms with E-state index in [1.165, 1.54) is 24.3 Å². The van der Waals surface area contributed by atoms with Gasteiger partial charge in [0.1, 0.15) is 11.6 Å². The Morgan fingerprint density at radius 3 is 2.58 bits per heavy atom. The van der Waals surface area contributed by atoms with Crippen LogP contribution in [0.3, 0.4) is 0 Å². The Morgan fingerprint density at radius 2 is 1.92 bits per heavy atom. The van der Waals surface area contributed by atoms with Crippen molar-refractivity contribution >= 4 is 23.2 Å². The number of hydrogen-bond acceptors (Lipinski definition) is 2. The molecule has 24 heavy (non-hydrogen) atoms. The molecule has 126 valence electrons. The van der Waals surface area contributed by atoms with Crippen LogP contribution >= 0.6 is 11.6 Å². The molecule has 2 aromatic rings. The van der Waals surface area contributed by atoms with Gasteiger partial charge in [0.2, 0.25) is 5.91 Å². The van der Waals surface area contributed by atoms with Crippen molar-refractivity contribution in [3.63, 3.8) is 0 Å². The lowest BCUT2D eigenvalue weighted by atomic mass is 10.2. The second-order valence-corrected chi connectivity index (χ2v) is 6.31. The van der Waals surface area contributed by atoms with E-state index in [0.717, 1.165) is 12.8 Å². The van der Waals surface area contributed by atoms with Crippen LogP contribution in [0.15, 0.2) is 42.5 Å². The van der Waals surface area contributed by atoms with E-state index in [2.05, 4.69) is 5.32 Å². The Kier molecular flexibility index (Phi) is 5.11. The highest BCUT2D eigenvalue weighted by atomic mass is 35.5. The van der Waals surface area contributed by atoms with E-state index in [1.54, 1.807) is 18.2 Å². The van der Waals surface area contributed by atoms with E-state index < -0.39 is 5.82 Å². The van der Waals surface area contributed by atoms with Crippen molar-refractivity contribution in [1.29, 1.82) is 0 Å². The highest BCUT2D eigenvalue weighted by molar-refractivity contribution is 6.31. The molecule has 3 rings (SSSR count). The summed E-state index contributed by atoms with van der Waals surface area (Å²) >= 11 is 5.71. The number of carbonyl (C=O) groups is 1. The van der Waals surface area contributed by atoms with Gasteiger partial charge < -0.3 is 5.32 Å². The van der Waals surface area contributed by atoms with Crippen LogP contribution in [-0.4, -0.2) is 23.4 Å². The smallest absolute Gasteiger partial charge is 0.238 e. The summed E-state index contributed by atoms with van der Waals surface area (Å²) in [5.41, 5.74) is 1.01. The topological polar surface area (TPSA) is 32.3 Å². The molecule has 0 radical (unpaired) electrons. The first kappa shape index (κ1) is 16.9. The number of hydrogen-bond donors (Lipinski definition) is 1. The highest BCUT2D eigenvalue weighted by Gasteiger charge is 2.30. The monoisotopic (exact) mass is 350 g/mol. The molecule has 3 nitrogen and oxygen atoms in total. The van der Waals surface area contributed by atoms with E-state index in [1.807, 2.05) is 4.90 Å². The molecule has 0 aromatic heterocycles. The largest absolute Gasteiger partial charge is 0.325 e. The molecule has 1 aliphatic carbocycles. The van der Waals surface area contributed by atoms with E-state index in [0.29, 0.717) is 23.8 Å². The molecule has 2 aromatic carbocycles. The van der Waals surface area contributed by atoms with Gasteiger partial charge in [0.25, 0.3) is 0 Å². The fourth-order valence-corrected chi connectivity index (χ4v) is 2.74. The number of anilines is 1. The summed E-state index contributed by atoms with van der Waals surface area (Å²) in [6, 6.07) is 10.9. The lowest BCUT2D eigenvalue weighted by Gasteiger charge is -2.21. The molecule has 0 heterocycles. The summed E-state index contributed by atoms with van der Waals surface area (Å²) < 4.78 is 27.0. The lowest BCUT2D eigenvalue weighted by Crippen LogP contribution is -2.34. The molecule has 0 saturated heterocycles. The quantitative estimate of drug-likeness (QED) is 0.846. The van der Waals surface area contributed by atoms with Gasteiger partial charge >= 0.3 is 0 Å². The first-order valence-electron chi connectivity index (χ1n) is 7.75. The standard InChI is InChI=1S/C18H17ClF2N2O/c19-15-9-13(5-8-17(15)21)22-18(24)11-23(14-6-7-14)10-12-3-1-2-4-16(12)20/h1-5,8-9,14H,6-7,10-11H2,(H,22,24). The van der Waals surface area contributed by atoms with Gasteiger partial charge in [-0.3, -0.25) is 9.69 Å². The fraction of sp³-hybridized carbons (Fsp3) is 0.278. The molecular formula is C18H17ClF2N2O. The Hall–Kier alpha value is -1.98. The molecule has 1 amide bonds. The third kappa shape index (κ3) is 4.30. The average Bonchev–Trinajstić information content (AvgIpc) is 3.37. The normalized spacial score (nSPS) is 14.0. The van der Waals surface area contributed by atoms with Gasteiger partial charge in [-0.1, -0.05) is 29.8 Å². The molecule has 0 bridgehead atoms. The van der Waals surface area contributed by atoms with Gasteiger partial charge in [0.15, 0.2) is 0 Å². The fourth-order valence-electron chi connectivity index (χ4n) is 2.56. The lowest BCUT2D eigenvalue weighted by molar-refractivity contribution is -0.117. The Morgan fingerprint density at radius 1 is 1.17 bits per heavy atom. The summed E-state index contributed by atoms with van der Waals surface area (Å²) in [6.45, 7) is 0.531. The summed E-state index contributed by atoms with van der Waals surface area (Å²) in [5.74, 6) is -1.04. The number of nitrogens with one attached hydrogen (secondary N) is 1. The zero-order valence-electron chi connectivity index (χ0n) is 12.9. The van der Waals surface area contributed by atoms with E-state index in [4.69, 9.17) is 11.6 Å². The van der Waals surface area contributed by atoms with Gasteiger partial charge in [-0.05, 0) is 37.1 Å². The number of rotatable bonds is 6. The molecule has 1 N–H and O–H groups in total. The first-order chi connectivity index (χ1) is 11.5. The van der Waals surface area contributed by atoms with Crippen LogP contribution in [0.4, 0.5) is 14.5 Å². The molecule has 1 fully saturated rings. The Bertz CT molecular complexity index is 750. The van der Waals surface area contributed by atoms with E-state index in [-0.39, 0.29) is 23.3 Å². The zero-order valence-corrected chi connectivity index (χ0v) is 13.7. The predicted molar refractivity (Wildman–Crippen MR) is 89.9 cm³/mol. The van der Waals surface area contributed by atoms with Crippen LogP contribution in [0.5, 0.6) is 0 Å². The van der Waals surface area contributed by atoms with Gasteiger partial charge in [-0.15, -0.1) is 0 Å². The molecule has 0 atom stereocenters. The van der Waals surface area contributed by atoms with Crippen LogP contribution in [-0.2, 0) is 11.3 Å². The van der Waals surface area contributed by atoms with Gasteiger partial charge in [-0.2, -0.15) is 0 Å². The molecular weight excluding hydrogens is 334 g/mol. The maximum absolute atomic E-state index is 13.8. The molecule has 0 unspecified atom stereocenters. The van der Waals surface area contributed by atoms with Crippen molar-refractivity contribution in [3.05, 3.63) is 64.7 Å². The SMILES string of the molecule is O=C(CN(Cc1ccccc1F)C1CC1)Nc1ccc(F)c(Cl)c1. The number of nitrogens with zero attached hydrogens (tertiary/aromatic N) is 1. The minimum atomic E-state index is -0.533. The van der Waals surface area contributed by atoms with Crippen LogP contribution in [0.1, 0.15) is 18.4 Å². The molecule has 1 saturated carbocycles. The van der Waals surface area contributed by atoms with Crippen LogP contribution in [0.2, 0.25) is 5.02 Å². The predicted octanol–water partition coefficient (Wildman–Crippen LogP) is 4.22. The molecule has 0 aliphatic heterocycles.